The molecule has 0 spiro atoms. The highest BCUT2D eigenvalue weighted by molar-refractivity contribution is 4.84. The summed E-state index contributed by atoms with van der Waals surface area (Å²) in [6, 6.07) is 0. The van der Waals surface area contributed by atoms with Crippen LogP contribution < -0.4 is 5.32 Å². The van der Waals surface area contributed by atoms with E-state index >= 15 is 0 Å². The molecule has 96 valence electrons. The molecule has 1 atom stereocenters. The van der Waals surface area contributed by atoms with Gasteiger partial charge in [0.25, 0.3) is 0 Å². The lowest BCUT2D eigenvalue weighted by Gasteiger charge is -2.34. The maximum atomic E-state index is 5.58. The van der Waals surface area contributed by atoms with Gasteiger partial charge in [-0.2, -0.15) is 0 Å². The fourth-order valence-corrected chi connectivity index (χ4v) is 1.92. The predicted molar refractivity (Wildman–Crippen MR) is 66.7 cm³/mol. The molecule has 1 N–H and O–H groups in total. The highest BCUT2D eigenvalue weighted by atomic mass is 16.5. The first-order valence-electron chi connectivity index (χ1n) is 6.53. The van der Waals surface area contributed by atoms with Crippen molar-refractivity contribution >= 4 is 0 Å². The first-order valence-corrected chi connectivity index (χ1v) is 6.53. The molecule has 1 saturated heterocycles. The second kappa shape index (κ2) is 7.25. The summed E-state index contributed by atoms with van der Waals surface area (Å²) in [7, 11) is 0. The van der Waals surface area contributed by atoms with Gasteiger partial charge in [0.1, 0.15) is 0 Å². The molecule has 3 heteroatoms. The number of hydrogen-bond acceptors (Lipinski definition) is 3. The van der Waals surface area contributed by atoms with Crippen molar-refractivity contribution in [1.29, 1.82) is 0 Å². The number of hydrogen-bond donors (Lipinski definition) is 1. The topological polar surface area (TPSA) is 30.5 Å². The van der Waals surface area contributed by atoms with Crippen molar-refractivity contribution in [2.24, 2.45) is 5.92 Å². The van der Waals surface area contributed by atoms with Crippen LogP contribution in [0, 0.1) is 5.92 Å². The van der Waals surface area contributed by atoms with Gasteiger partial charge in [0.05, 0.1) is 13.2 Å². The quantitative estimate of drug-likeness (QED) is 0.679. The Morgan fingerprint density at radius 1 is 1.38 bits per heavy atom. The smallest absolute Gasteiger partial charge is 0.0645 e. The summed E-state index contributed by atoms with van der Waals surface area (Å²) in [5.74, 6) is 0.734. The van der Waals surface area contributed by atoms with Crippen LogP contribution in [0.15, 0.2) is 0 Å². The van der Waals surface area contributed by atoms with E-state index in [9.17, 15) is 0 Å². The minimum Gasteiger partial charge on any atom is -0.380 e. The van der Waals surface area contributed by atoms with Gasteiger partial charge in [0, 0.05) is 25.3 Å². The molecule has 16 heavy (non-hydrogen) atoms. The van der Waals surface area contributed by atoms with Gasteiger partial charge in [0.2, 0.25) is 0 Å². The zero-order chi connectivity index (χ0) is 11.9. The largest absolute Gasteiger partial charge is 0.380 e. The summed E-state index contributed by atoms with van der Waals surface area (Å²) in [5, 5.41) is 3.54. The van der Waals surface area contributed by atoms with Crippen LogP contribution in [0.4, 0.5) is 0 Å². The zero-order valence-electron chi connectivity index (χ0n) is 11.1. The summed E-state index contributed by atoms with van der Waals surface area (Å²) >= 11 is 0. The van der Waals surface area contributed by atoms with Crippen molar-refractivity contribution in [3.63, 3.8) is 0 Å². The van der Waals surface area contributed by atoms with Gasteiger partial charge >= 0.3 is 0 Å². The molecule has 1 rings (SSSR count). The molecule has 1 aliphatic rings. The molecule has 1 heterocycles. The van der Waals surface area contributed by atoms with Crippen molar-refractivity contribution in [3.05, 3.63) is 0 Å². The third-order valence-electron chi connectivity index (χ3n) is 3.08. The summed E-state index contributed by atoms with van der Waals surface area (Å²) < 4.78 is 11.1. The average molecular weight is 229 g/mol. The summed E-state index contributed by atoms with van der Waals surface area (Å²) in [4.78, 5) is 0. The van der Waals surface area contributed by atoms with Gasteiger partial charge in [-0.15, -0.1) is 0 Å². The highest BCUT2D eigenvalue weighted by Crippen LogP contribution is 2.17. The highest BCUT2D eigenvalue weighted by Gasteiger charge is 2.26. The van der Waals surface area contributed by atoms with E-state index in [1.54, 1.807) is 0 Å². The van der Waals surface area contributed by atoms with Crippen LogP contribution in [0.2, 0.25) is 0 Å². The number of rotatable bonds is 7. The molecule has 0 aliphatic carbocycles. The van der Waals surface area contributed by atoms with Crippen molar-refractivity contribution in [2.75, 3.05) is 33.0 Å². The molecule has 3 nitrogen and oxygen atoms in total. The molecular formula is C13H27NO2. The van der Waals surface area contributed by atoms with Gasteiger partial charge in [-0.3, -0.25) is 0 Å². The number of ether oxygens (including phenoxy) is 2. The van der Waals surface area contributed by atoms with Crippen LogP contribution >= 0.6 is 0 Å². The minimum atomic E-state index is 0.166. The minimum absolute atomic E-state index is 0.166. The fraction of sp³-hybridized carbons (Fsp3) is 1.00. The second-order valence-corrected chi connectivity index (χ2v) is 5.44. The molecule has 0 amide bonds. The monoisotopic (exact) mass is 229 g/mol. The Balaban J connectivity index is 1.97. The number of nitrogens with one attached hydrogen (secondary N) is 1. The summed E-state index contributed by atoms with van der Waals surface area (Å²) in [6.07, 6.45) is 3.52. The standard InChI is InChI=1S/C13H27NO2/c1-12(2)5-9-15-10-7-14-13(3)6-4-8-16-11-13/h12,14H,4-11H2,1-3H3. The first kappa shape index (κ1) is 13.9. The first-order chi connectivity index (χ1) is 7.62. The van der Waals surface area contributed by atoms with E-state index in [1.807, 2.05) is 0 Å². The van der Waals surface area contributed by atoms with E-state index in [2.05, 4.69) is 26.1 Å². The van der Waals surface area contributed by atoms with Gasteiger partial charge in [-0.05, 0) is 32.1 Å². The van der Waals surface area contributed by atoms with E-state index < -0.39 is 0 Å². The fourth-order valence-electron chi connectivity index (χ4n) is 1.92. The molecule has 0 aromatic rings. The molecule has 0 aromatic carbocycles. The van der Waals surface area contributed by atoms with Gasteiger partial charge in [0.15, 0.2) is 0 Å². The molecule has 0 aromatic heterocycles. The van der Waals surface area contributed by atoms with Crippen molar-refractivity contribution in [2.45, 2.75) is 45.6 Å². The third kappa shape index (κ3) is 5.83. The third-order valence-corrected chi connectivity index (χ3v) is 3.08. The normalized spacial score (nSPS) is 26.2. The Hall–Kier alpha value is -0.120. The van der Waals surface area contributed by atoms with E-state index in [0.717, 1.165) is 51.7 Å². The van der Waals surface area contributed by atoms with Crippen LogP contribution in [0.3, 0.4) is 0 Å². The Labute approximate surface area is 99.9 Å². The molecule has 0 bridgehead atoms. The van der Waals surface area contributed by atoms with Gasteiger partial charge < -0.3 is 14.8 Å². The van der Waals surface area contributed by atoms with Crippen LogP contribution in [0.1, 0.15) is 40.0 Å². The van der Waals surface area contributed by atoms with Crippen LogP contribution in [-0.4, -0.2) is 38.5 Å². The molecule has 0 saturated carbocycles. The Kier molecular flexibility index (Phi) is 6.32. The Morgan fingerprint density at radius 3 is 2.81 bits per heavy atom. The van der Waals surface area contributed by atoms with E-state index in [0.29, 0.717) is 0 Å². The Morgan fingerprint density at radius 2 is 2.19 bits per heavy atom. The summed E-state index contributed by atoms with van der Waals surface area (Å²) in [5.41, 5.74) is 0.166. The molecule has 1 unspecified atom stereocenters. The van der Waals surface area contributed by atoms with Gasteiger partial charge in [-0.1, -0.05) is 13.8 Å². The predicted octanol–water partition coefficient (Wildman–Crippen LogP) is 2.21. The summed E-state index contributed by atoms with van der Waals surface area (Å²) in [6.45, 7) is 11.1. The zero-order valence-corrected chi connectivity index (χ0v) is 11.1. The molecule has 0 radical (unpaired) electrons. The molecule has 1 fully saturated rings. The lowest BCUT2D eigenvalue weighted by atomic mass is 9.95. The SMILES string of the molecule is CC(C)CCOCCNC1(C)CCCOC1. The van der Waals surface area contributed by atoms with Crippen LogP contribution in [0.25, 0.3) is 0 Å². The van der Waals surface area contributed by atoms with E-state index in [-0.39, 0.29) is 5.54 Å². The van der Waals surface area contributed by atoms with E-state index in [4.69, 9.17) is 9.47 Å². The maximum Gasteiger partial charge on any atom is 0.0645 e. The van der Waals surface area contributed by atoms with E-state index in [1.165, 1.54) is 6.42 Å². The van der Waals surface area contributed by atoms with Crippen LogP contribution in [-0.2, 0) is 9.47 Å². The molecular weight excluding hydrogens is 202 g/mol. The lowest BCUT2D eigenvalue weighted by molar-refractivity contribution is 0.0236. The Bertz CT molecular complexity index is 177. The maximum absolute atomic E-state index is 5.58. The van der Waals surface area contributed by atoms with Crippen molar-refractivity contribution < 1.29 is 9.47 Å². The average Bonchev–Trinajstić information content (AvgIpc) is 2.24. The van der Waals surface area contributed by atoms with Crippen molar-refractivity contribution in [1.82, 2.24) is 5.32 Å². The van der Waals surface area contributed by atoms with Crippen LogP contribution in [0.5, 0.6) is 0 Å². The van der Waals surface area contributed by atoms with Crippen molar-refractivity contribution in [3.8, 4) is 0 Å². The molecule has 1 aliphatic heterocycles. The lowest BCUT2D eigenvalue weighted by Crippen LogP contribution is -2.50. The van der Waals surface area contributed by atoms with Gasteiger partial charge in [-0.25, -0.2) is 0 Å². The second-order valence-electron chi connectivity index (χ2n) is 5.44.